The van der Waals surface area contributed by atoms with Crippen molar-refractivity contribution in [3.8, 4) is 0 Å². The number of ether oxygens (including phenoxy) is 1. The van der Waals surface area contributed by atoms with E-state index in [1.807, 2.05) is 0 Å². The van der Waals surface area contributed by atoms with Crippen molar-refractivity contribution in [2.45, 2.75) is 39.0 Å². The monoisotopic (exact) mass is 239 g/mol. The SMILES string of the molecule is CCCCCCCOC(=O)c1ccc(F)nc1. The van der Waals surface area contributed by atoms with Crippen LogP contribution < -0.4 is 0 Å². The molecule has 0 aliphatic heterocycles. The molecule has 0 aromatic carbocycles. The standard InChI is InChI=1S/C13H18FNO2/c1-2-3-4-5-6-9-17-13(16)11-7-8-12(14)15-10-11/h7-8,10H,2-6,9H2,1H3. The van der Waals surface area contributed by atoms with E-state index in [1.165, 1.54) is 31.5 Å². The Morgan fingerprint density at radius 1 is 1.29 bits per heavy atom. The second kappa shape index (κ2) is 7.76. The summed E-state index contributed by atoms with van der Waals surface area (Å²) in [7, 11) is 0. The average Bonchev–Trinajstić information content (AvgIpc) is 2.34. The van der Waals surface area contributed by atoms with Crippen LogP contribution in [0.5, 0.6) is 0 Å². The molecule has 0 fully saturated rings. The summed E-state index contributed by atoms with van der Waals surface area (Å²) in [6.45, 7) is 2.57. The summed E-state index contributed by atoms with van der Waals surface area (Å²) in [4.78, 5) is 14.9. The van der Waals surface area contributed by atoms with Crippen molar-refractivity contribution in [2.75, 3.05) is 6.61 Å². The van der Waals surface area contributed by atoms with Crippen LogP contribution in [-0.2, 0) is 4.74 Å². The highest BCUT2D eigenvalue weighted by Crippen LogP contribution is 2.05. The molecule has 0 N–H and O–H groups in total. The van der Waals surface area contributed by atoms with Gasteiger partial charge in [0.25, 0.3) is 0 Å². The van der Waals surface area contributed by atoms with Gasteiger partial charge in [0, 0.05) is 6.20 Å². The summed E-state index contributed by atoms with van der Waals surface area (Å²) in [5.41, 5.74) is 0.292. The fourth-order valence-electron chi connectivity index (χ4n) is 1.45. The lowest BCUT2D eigenvalue weighted by Gasteiger charge is -2.04. The van der Waals surface area contributed by atoms with Crippen LogP contribution in [-0.4, -0.2) is 17.6 Å². The van der Waals surface area contributed by atoms with Crippen LogP contribution in [0.1, 0.15) is 49.4 Å². The average molecular weight is 239 g/mol. The summed E-state index contributed by atoms with van der Waals surface area (Å²) >= 11 is 0. The van der Waals surface area contributed by atoms with Crippen molar-refractivity contribution in [1.82, 2.24) is 4.98 Å². The summed E-state index contributed by atoms with van der Waals surface area (Å²) in [6, 6.07) is 2.53. The Morgan fingerprint density at radius 3 is 2.71 bits per heavy atom. The van der Waals surface area contributed by atoms with Gasteiger partial charge in [-0.25, -0.2) is 9.78 Å². The van der Waals surface area contributed by atoms with E-state index in [4.69, 9.17) is 4.74 Å². The molecule has 0 amide bonds. The fraction of sp³-hybridized carbons (Fsp3) is 0.538. The van der Waals surface area contributed by atoms with E-state index >= 15 is 0 Å². The van der Waals surface area contributed by atoms with E-state index in [9.17, 15) is 9.18 Å². The predicted octanol–water partition coefficient (Wildman–Crippen LogP) is 3.35. The zero-order valence-corrected chi connectivity index (χ0v) is 10.1. The number of halogens is 1. The van der Waals surface area contributed by atoms with Gasteiger partial charge in [-0.15, -0.1) is 0 Å². The van der Waals surface area contributed by atoms with Gasteiger partial charge in [0.2, 0.25) is 5.95 Å². The quantitative estimate of drug-likeness (QED) is 0.416. The van der Waals surface area contributed by atoms with Crippen molar-refractivity contribution in [1.29, 1.82) is 0 Å². The number of hydrogen-bond acceptors (Lipinski definition) is 3. The van der Waals surface area contributed by atoms with E-state index in [1.54, 1.807) is 0 Å². The minimum Gasteiger partial charge on any atom is -0.462 e. The number of nitrogens with zero attached hydrogens (tertiary/aromatic N) is 1. The Balaban J connectivity index is 2.19. The molecule has 0 spiro atoms. The Bertz CT molecular complexity index is 338. The molecule has 0 bridgehead atoms. The molecule has 0 saturated carbocycles. The molecular weight excluding hydrogens is 221 g/mol. The molecule has 0 unspecified atom stereocenters. The number of rotatable bonds is 7. The summed E-state index contributed by atoms with van der Waals surface area (Å²) in [6.07, 6.45) is 6.72. The van der Waals surface area contributed by atoms with Crippen LogP contribution in [0, 0.1) is 5.95 Å². The molecule has 0 radical (unpaired) electrons. The number of aromatic nitrogens is 1. The normalized spacial score (nSPS) is 10.2. The summed E-state index contributed by atoms with van der Waals surface area (Å²) in [5, 5.41) is 0. The van der Waals surface area contributed by atoms with Gasteiger partial charge >= 0.3 is 5.97 Å². The van der Waals surface area contributed by atoms with Gasteiger partial charge in [-0.3, -0.25) is 0 Å². The minimum absolute atomic E-state index is 0.292. The first-order valence-electron chi connectivity index (χ1n) is 6.02. The first-order valence-corrected chi connectivity index (χ1v) is 6.02. The van der Waals surface area contributed by atoms with Gasteiger partial charge in [0.05, 0.1) is 12.2 Å². The molecule has 1 heterocycles. The van der Waals surface area contributed by atoms with Crippen LogP contribution in [0.4, 0.5) is 4.39 Å². The molecule has 3 nitrogen and oxygen atoms in total. The van der Waals surface area contributed by atoms with Crippen molar-refractivity contribution in [3.63, 3.8) is 0 Å². The second-order valence-corrected chi connectivity index (χ2v) is 3.92. The van der Waals surface area contributed by atoms with Gasteiger partial charge in [-0.2, -0.15) is 4.39 Å². The minimum atomic E-state index is -0.596. The van der Waals surface area contributed by atoms with Crippen molar-refractivity contribution >= 4 is 5.97 Å². The summed E-state index contributed by atoms with van der Waals surface area (Å²) in [5.74, 6) is -1.03. The molecule has 94 valence electrons. The molecule has 1 rings (SSSR count). The van der Waals surface area contributed by atoms with Gasteiger partial charge in [0.1, 0.15) is 0 Å². The number of carbonyl (C=O) groups excluding carboxylic acids is 1. The third kappa shape index (κ3) is 5.43. The molecule has 0 aliphatic carbocycles. The van der Waals surface area contributed by atoms with Crippen molar-refractivity contribution in [3.05, 3.63) is 29.8 Å². The highest BCUT2D eigenvalue weighted by atomic mass is 19.1. The lowest BCUT2D eigenvalue weighted by molar-refractivity contribution is 0.0497. The fourth-order valence-corrected chi connectivity index (χ4v) is 1.45. The van der Waals surface area contributed by atoms with Crippen molar-refractivity contribution < 1.29 is 13.9 Å². The predicted molar refractivity (Wildman–Crippen MR) is 63.2 cm³/mol. The highest BCUT2D eigenvalue weighted by molar-refractivity contribution is 5.88. The molecule has 0 aliphatic rings. The third-order valence-electron chi connectivity index (χ3n) is 2.44. The number of unbranched alkanes of at least 4 members (excludes halogenated alkanes) is 4. The molecule has 0 saturated heterocycles. The molecular formula is C13H18FNO2. The number of carbonyl (C=O) groups is 1. The maximum atomic E-state index is 12.5. The van der Waals surface area contributed by atoms with Gasteiger partial charge in [0.15, 0.2) is 0 Å². The Kier molecular flexibility index (Phi) is 6.22. The lowest BCUT2D eigenvalue weighted by atomic mass is 10.2. The van der Waals surface area contributed by atoms with Gasteiger partial charge in [-0.1, -0.05) is 32.6 Å². The first kappa shape index (κ1) is 13.6. The largest absolute Gasteiger partial charge is 0.462 e. The highest BCUT2D eigenvalue weighted by Gasteiger charge is 2.07. The number of pyridine rings is 1. The summed E-state index contributed by atoms with van der Waals surface area (Å²) < 4.78 is 17.6. The Hall–Kier alpha value is -1.45. The van der Waals surface area contributed by atoms with E-state index in [2.05, 4.69) is 11.9 Å². The lowest BCUT2D eigenvalue weighted by Crippen LogP contribution is -2.07. The number of hydrogen-bond donors (Lipinski definition) is 0. The third-order valence-corrected chi connectivity index (χ3v) is 2.44. The topological polar surface area (TPSA) is 39.2 Å². The maximum absolute atomic E-state index is 12.5. The maximum Gasteiger partial charge on any atom is 0.339 e. The molecule has 1 aromatic rings. The van der Waals surface area contributed by atoms with Crippen LogP contribution >= 0.6 is 0 Å². The van der Waals surface area contributed by atoms with E-state index in [-0.39, 0.29) is 0 Å². The Morgan fingerprint density at radius 2 is 2.06 bits per heavy atom. The van der Waals surface area contributed by atoms with E-state index in [0.717, 1.165) is 18.9 Å². The van der Waals surface area contributed by atoms with E-state index < -0.39 is 11.9 Å². The zero-order valence-electron chi connectivity index (χ0n) is 10.1. The van der Waals surface area contributed by atoms with Gasteiger partial charge < -0.3 is 4.74 Å². The van der Waals surface area contributed by atoms with Crippen LogP contribution in [0.2, 0.25) is 0 Å². The van der Waals surface area contributed by atoms with Gasteiger partial charge in [-0.05, 0) is 18.6 Å². The van der Waals surface area contributed by atoms with Crippen LogP contribution in [0.25, 0.3) is 0 Å². The second-order valence-electron chi connectivity index (χ2n) is 3.92. The number of esters is 1. The smallest absolute Gasteiger partial charge is 0.339 e. The molecule has 17 heavy (non-hydrogen) atoms. The van der Waals surface area contributed by atoms with Crippen molar-refractivity contribution in [2.24, 2.45) is 0 Å². The molecule has 0 atom stereocenters. The molecule has 1 aromatic heterocycles. The first-order chi connectivity index (χ1) is 8.24. The molecule has 4 heteroatoms. The van der Waals surface area contributed by atoms with Crippen LogP contribution in [0.3, 0.4) is 0 Å². The zero-order chi connectivity index (χ0) is 12.5. The van der Waals surface area contributed by atoms with E-state index in [0.29, 0.717) is 12.2 Å². The Labute approximate surface area is 101 Å². The van der Waals surface area contributed by atoms with Crippen LogP contribution in [0.15, 0.2) is 18.3 Å².